The standard InChI is InChI=1S/C20H26N2O4/c1-3-26-17-5-4-12-22-18(13(2)21-19(17)22)16(23)11-8-14-6-9-15(10-7-14)20(24)25/h4-5,12,14-15H,3,6-11H2,1-2H3,(H,24,25). The van der Waals surface area contributed by atoms with Gasteiger partial charge in [0, 0.05) is 12.6 Å². The Morgan fingerprint density at radius 3 is 2.69 bits per heavy atom. The van der Waals surface area contributed by atoms with E-state index in [1.165, 1.54) is 0 Å². The Morgan fingerprint density at radius 2 is 2.04 bits per heavy atom. The van der Waals surface area contributed by atoms with Crippen molar-refractivity contribution in [3.05, 3.63) is 29.7 Å². The zero-order valence-electron chi connectivity index (χ0n) is 15.4. The Kier molecular flexibility index (Phi) is 5.59. The fourth-order valence-electron chi connectivity index (χ4n) is 3.91. The van der Waals surface area contributed by atoms with E-state index in [0.29, 0.717) is 36.0 Å². The van der Waals surface area contributed by atoms with E-state index in [9.17, 15) is 9.59 Å². The van der Waals surface area contributed by atoms with E-state index < -0.39 is 5.97 Å². The van der Waals surface area contributed by atoms with Crippen molar-refractivity contribution >= 4 is 17.4 Å². The van der Waals surface area contributed by atoms with Crippen LogP contribution in [0, 0.1) is 18.8 Å². The number of carbonyl (C=O) groups excluding carboxylic acids is 1. The summed E-state index contributed by atoms with van der Waals surface area (Å²) in [6.45, 7) is 4.33. The van der Waals surface area contributed by atoms with Gasteiger partial charge in [-0.3, -0.25) is 14.0 Å². The summed E-state index contributed by atoms with van der Waals surface area (Å²) in [5.41, 5.74) is 2.02. The van der Waals surface area contributed by atoms with Crippen LogP contribution in [0.25, 0.3) is 5.65 Å². The summed E-state index contributed by atoms with van der Waals surface area (Å²) in [4.78, 5) is 28.4. The molecule has 2 aromatic heterocycles. The molecule has 2 heterocycles. The van der Waals surface area contributed by atoms with Gasteiger partial charge in [-0.05, 0) is 64.0 Å². The topological polar surface area (TPSA) is 80.9 Å². The molecule has 0 radical (unpaired) electrons. The van der Waals surface area contributed by atoms with Crippen LogP contribution in [-0.2, 0) is 4.79 Å². The number of nitrogens with zero attached hydrogens (tertiary/aromatic N) is 2. The number of rotatable bonds is 7. The Hall–Kier alpha value is -2.37. The van der Waals surface area contributed by atoms with Gasteiger partial charge in [0.25, 0.3) is 0 Å². The van der Waals surface area contributed by atoms with Crippen molar-refractivity contribution in [2.75, 3.05) is 6.61 Å². The Morgan fingerprint density at radius 1 is 1.31 bits per heavy atom. The highest BCUT2D eigenvalue weighted by Gasteiger charge is 2.27. The molecular weight excluding hydrogens is 332 g/mol. The molecule has 6 heteroatoms. The molecule has 1 N–H and O–H groups in total. The van der Waals surface area contributed by atoms with E-state index in [1.54, 1.807) is 0 Å². The minimum absolute atomic E-state index is 0.0870. The van der Waals surface area contributed by atoms with Crippen LogP contribution in [0.15, 0.2) is 18.3 Å². The number of pyridine rings is 1. The average molecular weight is 358 g/mol. The minimum Gasteiger partial charge on any atom is -0.490 e. The molecule has 0 aromatic carbocycles. The fourth-order valence-corrected chi connectivity index (χ4v) is 3.91. The monoisotopic (exact) mass is 358 g/mol. The number of ether oxygens (including phenoxy) is 1. The van der Waals surface area contributed by atoms with Crippen molar-refractivity contribution in [3.63, 3.8) is 0 Å². The smallest absolute Gasteiger partial charge is 0.306 e. The lowest BCUT2D eigenvalue weighted by molar-refractivity contribution is -0.143. The molecule has 2 aromatic rings. The third-order valence-electron chi connectivity index (χ3n) is 5.33. The van der Waals surface area contributed by atoms with Crippen LogP contribution < -0.4 is 4.74 Å². The zero-order chi connectivity index (χ0) is 18.7. The highest BCUT2D eigenvalue weighted by atomic mass is 16.5. The number of carboxylic acid groups (broad SMARTS) is 1. The molecule has 0 spiro atoms. The van der Waals surface area contributed by atoms with Gasteiger partial charge in [0.15, 0.2) is 17.2 Å². The van der Waals surface area contributed by atoms with Gasteiger partial charge in [0.05, 0.1) is 18.2 Å². The summed E-state index contributed by atoms with van der Waals surface area (Å²) in [5.74, 6) is 0.312. The van der Waals surface area contributed by atoms with Gasteiger partial charge in [0.2, 0.25) is 0 Å². The molecule has 0 amide bonds. The lowest BCUT2D eigenvalue weighted by Crippen LogP contribution is -2.21. The molecule has 0 atom stereocenters. The molecule has 1 fully saturated rings. The van der Waals surface area contributed by atoms with Crippen LogP contribution in [0.2, 0.25) is 0 Å². The van der Waals surface area contributed by atoms with E-state index in [0.717, 1.165) is 37.8 Å². The summed E-state index contributed by atoms with van der Waals surface area (Å²) in [5, 5.41) is 9.09. The van der Waals surface area contributed by atoms with Gasteiger partial charge in [0.1, 0.15) is 5.69 Å². The lowest BCUT2D eigenvalue weighted by Gasteiger charge is -2.25. The van der Waals surface area contributed by atoms with Gasteiger partial charge in [-0.15, -0.1) is 0 Å². The van der Waals surface area contributed by atoms with Crippen LogP contribution in [0.5, 0.6) is 5.75 Å². The van der Waals surface area contributed by atoms with Crippen LogP contribution in [0.1, 0.15) is 61.6 Å². The second kappa shape index (κ2) is 7.89. The van der Waals surface area contributed by atoms with E-state index in [2.05, 4.69) is 4.98 Å². The largest absolute Gasteiger partial charge is 0.490 e. The average Bonchev–Trinajstić information content (AvgIpc) is 2.97. The predicted molar refractivity (Wildman–Crippen MR) is 97.7 cm³/mol. The van der Waals surface area contributed by atoms with Crippen molar-refractivity contribution in [1.29, 1.82) is 0 Å². The molecule has 3 rings (SSSR count). The fraction of sp³-hybridized carbons (Fsp3) is 0.550. The second-order valence-electron chi connectivity index (χ2n) is 7.06. The van der Waals surface area contributed by atoms with Crippen LogP contribution in [-0.4, -0.2) is 32.9 Å². The Labute approximate surface area is 153 Å². The number of aromatic nitrogens is 2. The molecular formula is C20H26N2O4. The second-order valence-corrected chi connectivity index (χ2v) is 7.06. The van der Waals surface area contributed by atoms with Crippen molar-refractivity contribution < 1.29 is 19.4 Å². The number of hydrogen-bond donors (Lipinski definition) is 1. The van der Waals surface area contributed by atoms with Gasteiger partial charge < -0.3 is 9.84 Å². The maximum Gasteiger partial charge on any atom is 0.306 e. The van der Waals surface area contributed by atoms with Crippen LogP contribution in [0.3, 0.4) is 0 Å². The summed E-state index contributed by atoms with van der Waals surface area (Å²) in [6.07, 6.45) is 6.36. The third-order valence-corrected chi connectivity index (χ3v) is 5.33. The molecule has 0 saturated heterocycles. The molecule has 0 unspecified atom stereocenters. The highest BCUT2D eigenvalue weighted by molar-refractivity contribution is 5.96. The van der Waals surface area contributed by atoms with Crippen molar-refractivity contribution in [1.82, 2.24) is 9.38 Å². The van der Waals surface area contributed by atoms with Gasteiger partial charge in [-0.25, -0.2) is 4.98 Å². The zero-order valence-corrected chi connectivity index (χ0v) is 15.4. The number of aryl methyl sites for hydroxylation is 1. The number of aliphatic carboxylic acids is 1. The normalized spacial score (nSPS) is 20.2. The number of imidazole rings is 1. The summed E-state index contributed by atoms with van der Waals surface area (Å²) in [7, 11) is 0. The molecule has 26 heavy (non-hydrogen) atoms. The van der Waals surface area contributed by atoms with Crippen molar-refractivity contribution in [2.24, 2.45) is 11.8 Å². The molecule has 1 aliphatic carbocycles. The summed E-state index contributed by atoms with van der Waals surface area (Å²) < 4.78 is 7.43. The molecule has 1 aliphatic rings. The molecule has 0 bridgehead atoms. The van der Waals surface area contributed by atoms with E-state index in [4.69, 9.17) is 9.84 Å². The Bertz CT molecular complexity index is 803. The maximum atomic E-state index is 12.8. The molecule has 0 aliphatic heterocycles. The first kappa shape index (κ1) is 18.4. The van der Waals surface area contributed by atoms with E-state index in [1.807, 2.05) is 36.6 Å². The van der Waals surface area contributed by atoms with Crippen molar-refractivity contribution in [3.8, 4) is 5.75 Å². The predicted octanol–water partition coefficient (Wildman–Crippen LogP) is 3.90. The molecule has 140 valence electrons. The van der Waals surface area contributed by atoms with E-state index >= 15 is 0 Å². The number of ketones is 1. The third kappa shape index (κ3) is 3.74. The van der Waals surface area contributed by atoms with Crippen molar-refractivity contribution in [2.45, 2.75) is 52.4 Å². The number of hydrogen-bond acceptors (Lipinski definition) is 4. The quantitative estimate of drug-likeness (QED) is 0.759. The summed E-state index contributed by atoms with van der Waals surface area (Å²) >= 11 is 0. The van der Waals surface area contributed by atoms with Gasteiger partial charge in [-0.2, -0.15) is 0 Å². The maximum absolute atomic E-state index is 12.8. The summed E-state index contributed by atoms with van der Waals surface area (Å²) in [6, 6.07) is 3.73. The van der Waals surface area contributed by atoms with E-state index in [-0.39, 0.29) is 11.7 Å². The minimum atomic E-state index is -0.689. The SMILES string of the molecule is CCOc1cccn2c(C(=O)CCC3CCC(C(=O)O)CC3)c(C)nc12. The first-order valence-electron chi connectivity index (χ1n) is 9.37. The van der Waals surface area contributed by atoms with Crippen LogP contribution in [0.4, 0.5) is 0 Å². The Balaban J connectivity index is 1.68. The van der Waals surface area contributed by atoms with Crippen LogP contribution >= 0.6 is 0 Å². The number of fused-ring (bicyclic) bond motifs is 1. The number of Topliss-reactive ketones (excluding diaryl/α,β-unsaturated/α-hetero) is 1. The highest BCUT2D eigenvalue weighted by Crippen LogP contribution is 2.32. The number of carbonyl (C=O) groups is 2. The first-order valence-corrected chi connectivity index (χ1v) is 9.37. The van der Waals surface area contributed by atoms with Gasteiger partial charge >= 0.3 is 5.97 Å². The van der Waals surface area contributed by atoms with Gasteiger partial charge in [-0.1, -0.05) is 0 Å². The lowest BCUT2D eigenvalue weighted by atomic mass is 9.79. The number of carboxylic acids is 1. The molecule has 6 nitrogen and oxygen atoms in total. The molecule has 1 saturated carbocycles. The first-order chi connectivity index (χ1) is 12.5.